The number of benzene rings is 3. The predicted octanol–water partition coefficient (Wildman–Crippen LogP) is 3.35. The van der Waals surface area contributed by atoms with Crippen LogP contribution in [-0.4, -0.2) is 74.1 Å². The summed E-state index contributed by atoms with van der Waals surface area (Å²) in [5.74, 6) is -1.09. The molecule has 0 bridgehead atoms. The maximum atomic E-state index is 13.9. The first-order chi connectivity index (χ1) is 19.5. The highest BCUT2D eigenvalue weighted by Crippen LogP contribution is 2.33. The van der Waals surface area contributed by atoms with Gasteiger partial charge in [-0.2, -0.15) is 4.31 Å². The quantitative estimate of drug-likeness (QED) is 0.362. The van der Waals surface area contributed by atoms with E-state index in [9.17, 15) is 26.0 Å². The van der Waals surface area contributed by atoms with Gasteiger partial charge in [-0.15, -0.1) is 0 Å². The van der Waals surface area contributed by atoms with Crippen molar-refractivity contribution in [1.29, 1.82) is 0 Å². The number of halogens is 2. The zero-order chi connectivity index (χ0) is 29.8. The molecular weight excluding hydrogens is 601 g/mol. The second kappa shape index (κ2) is 12.6. The average Bonchev–Trinajstić information content (AvgIpc) is 2.97. The lowest BCUT2D eigenvalue weighted by Crippen LogP contribution is -2.40. The second-order valence-electron chi connectivity index (χ2n) is 8.72. The number of ether oxygens (including phenoxy) is 3. The summed E-state index contributed by atoms with van der Waals surface area (Å²) in [7, 11) is -5.41. The molecule has 0 radical (unpaired) electrons. The van der Waals surface area contributed by atoms with Gasteiger partial charge in [-0.3, -0.25) is 9.10 Å². The molecule has 1 N–H and O–H groups in total. The molecule has 1 aliphatic rings. The number of methoxy groups -OCH3 is 2. The first-order valence-electron chi connectivity index (χ1n) is 12.1. The zero-order valence-electron chi connectivity index (χ0n) is 22.0. The van der Waals surface area contributed by atoms with Crippen LogP contribution in [0.1, 0.15) is 0 Å². The highest BCUT2D eigenvalue weighted by molar-refractivity contribution is 7.92. The number of nitrogens with one attached hydrogen (secondary N) is 1. The first-order valence-corrected chi connectivity index (χ1v) is 15.4. The lowest BCUT2D eigenvalue weighted by molar-refractivity contribution is -0.114. The Balaban J connectivity index is 1.60. The number of nitrogens with zero attached hydrogens (tertiary/aromatic N) is 2. The van der Waals surface area contributed by atoms with Crippen LogP contribution in [0.5, 0.6) is 11.5 Å². The largest absolute Gasteiger partial charge is 0.493 e. The van der Waals surface area contributed by atoms with Crippen LogP contribution in [0.15, 0.2) is 70.5 Å². The fourth-order valence-corrected chi connectivity index (χ4v) is 7.05. The molecule has 3 aromatic rings. The van der Waals surface area contributed by atoms with Crippen LogP contribution in [0.2, 0.25) is 5.02 Å². The highest BCUT2D eigenvalue weighted by Gasteiger charge is 2.30. The van der Waals surface area contributed by atoms with Gasteiger partial charge in [0.05, 0.1) is 47.9 Å². The minimum atomic E-state index is -4.41. The lowest BCUT2D eigenvalue weighted by Gasteiger charge is -2.26. The van der Waals surface area contributed by atoms with Crippen molar-refractivity contribution in [2.75, 3.05) is 56.7 Å². The van der Waals surface area contributed by atoms with Crippen molar-refractivity contribution in [2.24, 2.45) is 0 Å². The summed E-state index contributed by atoms with van der Waals surface area (Å²) in [5, 5.41) is 2.23. The van der Waals surface area contributed by atoms with E-state index in [0.29, 0.717) is 19.0 Å². The number of sulfonamides is 2. The lowest BCUT2D eigenvalue weighted by atomic mass is 10.3. The molecule has 0 unspecified atom stereocenters. The minimum Gasteiger partial charge on any atom is -0.493 e. The number of hydrogen-bond donors (Lipinski definition) is 1. The molecule has 1 heterocycles. The standard InChI is InChI=1S/C26H27ClFN3O8S2/c1-37-24-10-8-21(16-25(24)38-2)41(35,36)31(19-5-9-23(28)22(27)15-19)17-26(32)29-18-3-6-20(7-4-18)40(33,34)30-11-13-39-14-12-30/h3-10,15-16H,11-14,17H2,1-2H3,(H,29,32). The van der Waals surface area contributed by atoms with Crippen LogP contribution < -0.4 is 19.1 Å². The fourth-order valence-electron chi connectivity index (χ4n) is 4.04. The van der Waals surface area contributed by atoms with Crippen LogP contribution >= 0.6 is 11.6 Å². The molecule has 11 nitrogen and oxygen atoms in total. The van der Waals surface area contributed by atoms with Crippen LogP contribution in [0.4, 0.5) is 15.8 Å². The summed E-state index contributed by atoms with van der Waals surface area (Å²) >= 11 is 5.92. The predicted molar refractivity (Wildman–Crippen MR) is 150 cm³/mol. The van der Waals surface area contributed by atoms with Gasteiger partial charge in [-0.25, -0.2) is 21.2 Å². The zero-order valence-corrected chi connectivity index (χ0v) is 24.4. The Kier molecular flexibility index (Phi) is 9.39. The Hall–Kier alpha value is -3.43. The maximum absolute atomic E-state index is 13.9. The van der Waals surface area contributed by atoms with Gasteiger partial charge in [-0.1, -0.05) is 11.6 Å². The van der Waals surface area contributed by atoms with Crippen LogP contribution in [0, 0.1) is 5.82 Å². The monoisotopic (exact) mass is 627 g/mol. The van der Waals surface area contributed by atoms with Gasteiger partial charge in [0.15, 0.2) is 11.5 Å². The van der Waals surface area contributed by atoms with E-state index >= 15 is 0 Å². The van der Waals surface area contributed by atoms with Gasteiger partial charge >= 0.3 is 0 Å². The van der Waals surface area contributed by atoms with Crippen molar-refractivity contribution < 1.29 is 40.2 Å². The molecule has 1 fully saturated rings. The number of anilines is 2. The number of rotatable bonds is 10. The number of hydrogen-bond acceptors (Lipinski definition) is 8. The van der Waals surface area contributed by atoms with E-state index < -0.39 is 38.3 Å². The molecule has 4 rings (SSSR count). The van der Waals surface area contributed by atoms with Gasteiger partial charge in [0, 0.05) is 24.8 Å². The molecule has 1 amide bonds. The maximum Gasteiger partial charge on any atom is 0.264 e. The topological polar surface area (TPSA) is 132 Å². The molecule has 0 saturated carbocycles. The Morgan fingerprint density at radius 1 is 0.951 bits per heavy atom. The molecule has 0 spiro atoms. The second-order valence-corrected chi connectivity index (χ2v) is 12.9. The minimum absolute atomic E-state index is 0.0380. The van der Waals surface area contributed by atoms with Crippen LogP contribution in [0.25, 0.3) is 0 Å². The highest BCUT2D eigenvalue weighted by atomic mass is 35.5. The van der Waals surface area contributed by atoms with E-state index in [0.717, 1.165) is 16.4 Å². The Morgan fingerprint density at radius 3 is 2.20 bits per heavy atom. The fraction of sp³-hybridized carbons (Fsp3) is 0.269. The van der Waals surface area contributed by atoms with Crippen molar-refractivity contribution in [3.63, 3.8) is 0 Å². The smallest absolute Gasteiger partial charge is 0.264 e. The number of carbonyl (C=O) groups is 1. The van der Waals surface area contributed by atoms with E-state index in [2.05, 4.69) is 5.32 Å². The number of carbonyl (C=O) groups excluding carboxylic acids is 1. The van der Waals surface area contributed by atoms with Crippen molar-refractivity contribution in [1.82, 2.24) is 4.31 Å². The molecule has 0 aromatic heterocycles. The Morgan fingerprint density at radius 2 is 1.59 bits per heavy atom. The van der Waals surface area contributed by atoms with E-state index in [1.54, 1.807) is 0 Å². The van der Waals surface area contributed by atoms with Gasteiger partial charge < -0.3 is 19.5 Å². The van der Waals surface area contributed by atoms with Crippen LogP contribution in [-0.2, 0) is 29.6 Å². The molecule has 1 aliphatic heterocycles. The summed E-state index contributed by atoms with van der Waals surface area (Å²) in [4.78, 5) is 12.9. The molecule has 0 atom stereocenters. The summed E-state index contributed by atoms with van der Waals surface area (Å²) < 4.78 is 84.7. The molecule has 41 heavy (non-hydrogen) atoms. The van der Waals surface area contributed by atoms with Crippen LogP contribution in [0.3, 0.4) is 0 Å². The van der Waals surface area contributed by atoms with E-state index in [1.807, 2.05) is 0 Å². The third-order valence-electron chi connectivity index (χ3n) is 6.17. The number of morpholine rings is 1. The van der Waals surface area contributed by atoms with Crippen molar-refractivity contribution >= 4 is 48.9 Å². The Bertz CT molecular complexity index is 1630. The van der Waals surface area contributed by atoms with E-state index in [-0.39, 0.29) is 45.0 Å². The third kappa shape index (κ3) is 6.73. The summed E-state index contributed by atoms with van der Waals surface area (Å²) in [6.45, 7) is 0.356. The normalized spacial score (nSPS) is 14.3. The van der Waals surface area contributed by atoms with Gasteiger partial charge in [0.1, 0.15) is 12.4 Å². The first kappa shape index (κ1) is 30.5. The number of amides is 1. The van der Waals surface area contributed by atoms with Crippen molar-refractivity contribution in [2.45, 2.75) is 9.79 Å². The SMILES string of the molecule is COc1ccc(S(=O)(=O)N(CC(=O)Nc2ccc(S(=O)(=O)N3CCOCC3)cc2)c2ccc(F)c(Cl)c2)cc1OC. The molecule has 1 saturated heterocycles. The molecule has 0 aliphatic carbocycles. The van der Waals surface area contributed by atoms with E-state index in [4.69, 9.17) is 25.8 Å². The van der Waals surface area contributed by atoms with Gasteiger partial charge in [0.25, 0.3) is 10.0 Å². The van der Waals surface area contributed by atoms with Gasteiger partial charge in [-0.05, 0) is 54.6 Å². The molecule has 220 valence electrons. The van der Waals surface area contributed by atoms with Gasteiger partial charge in [0.2, 0.25) is 15.9 Å². The molecular formula is C26H27ClFN3O8S2. The average molecular weight is 628 g/mol. The third-order valence-corrected chi connectivity index (χ3v) is 10.1. The molecule has 3 aromatic carbocycles. The summed E-state index contributed by atoms with van der Waals surface area (Å²) in [5.41, 5.74) is 0.171. The van der Waals surface area contributed by atoms with Crippen molar-refractivity contribution in [3.05, 3.63) is 71.5 Å². The van der Waals surface area contributed by atoms with Crippen molar-refractivity contribution in [3.8, 4) is 11.5 Å². The summed E-state index contributed by atoms with van der Waals surface area (Å²) in [6, 6.07) is 12.6. The molecule has 15 heteroatoms. The summed E-state index contributed by atoms with van der Waals surface area (Å²) in [6.07, 6.45) is 0. The Labute approximate surface area is 242 Å². The van der Waals surface area contributed by atoms with E-state index in [1.165, 1.54) is 67.1 Å².